The van der Waals surface area contributed by atoms with Crippen molar-refractivity contribution < 1.29 is 4.74 Å². The Morgan fingerprint density at radius 3 is 2.50 bits per heavy atom. The van der Waals surface area contributed by atoms with Crippen LogP contribution in [-0.4, -0.2) is 41.7 Å². The number of aromatic nitrogens is 3. The first kappa shape index (κ1) is 14.8. The summed E-state index contributed by atoms with van der Waals surface area (Å²) in [6.07, 6.45) is 3.59. The highest BCUT2D eigenvalue weighted by atomic mass is 16.5. The van der Waals surface area contributed by atoms with E-state index in [1.54, 1.807) is 7.11 Å². The minimum absolute atomic E-state index is 0.372. The molecule has 2 heterocycles. The Labute approximate surface area is 121 Å². The lowest BCUT2D eigenvalue weighted by atomic mass is 9.82. The van der Waals surface area contributed by atoms with Crippen molar-refractivity contribution in [3.8, 4) is 6.01 Å². The topological polar surface area (TPSA) is 63.2 Å². The third-order valence-corrected chi connectivity index (χ3v) is 4.34. The Hall–Kier alpha value is -1.59. The van der Waals surface area contributed by atoms with Gasteiger partial charge in [0.1, 0.15) is 0 Å². The molecule has 2 rings (SSSR count). The average Bonchev–Trinajstić information content (AvgIpc) is 2.92. The zero-order valence-corrected chi connectivity index (χ0v) is 12.9. The standard InChI is InChI=1S/C14H25N5O/c1-5-14(6-2)8-9-19(10-14)12-16-11(15-7-3)17-13(18-12)20-4/h5-10H2,1-4H3,(H,15,16,17,18). The van der Waals surface area contributed by atoms with E-state index < -0.39 is 0 Å². The molecule has 6 nitrogen and oxygen atoms in total. The predicted molar refractivity (Wildman–Crippen MR) is 80.4 cm³/mol. The number of anilines is 2. The van der Waals surface area contributed by atoms with Crippen LogP contribution in [0.15, 0.2) is 0 Å². The van der Waals surface area contributed by atoms with Crippen LogP contribution in [0.2, 0.25) is 0 Å². The van der Waals surface area contributed by atoms with Crippen LogP contribution in [0.1, 0.15) is 40.0 Å². The third-order valence-electron chi connectivity index (χ3n) is 4.34. The van der Waals surface area contributed by atoms with Gasteiger partial charge >= 0.3 is 6.01 Å². The first-order valence-corrected chi connectivity index (χ1v) is 7.45. The molecule has 0 unspecified atom stereocenters. The van der Waals surface area contributed by atoms with E-state index in [2.05, 4.69) is 39.0 Å². The molecule has 0 aromatic carbocycles. The van der Waals surface area contributed by atoms with Gasteiger partial charge in [-0.15, -0.1) is 0 Å². The molecule has 0 bridgehead atoms. The fraction of sp³-hybridized carbons (Fsp3) is 0.786. The normalized spacial score (nSPS) is 17.3. The average molecular weight is 279 g/mol. The number of nitrogens with zero attached hydrogens (tertiary/aromatic N) is 4. The van der Waals surface area contributed by atoms with Gasteiger partial charge in [-0.1, -0.05) is 13.8 Å². The molecule has 0 spiro atoms. The van der Waals surface area contributed by atoms with E-state index in [-0.39, 0.29) is 0 Å². The van der Waals surface area contributed by atoms with Gasteiger partial charge in [-0.25, -0.2) is 0 Å². The van der Waals surface area contributed by atoms with Crippen molar-refractivity contribution in [1.82, 2.24) is 15.0 Å². The summed E-state index contributed by atoms with van der Waals surface area (Å²) < 4.78 is 5.18. The summed E-state index contributed by atoms with van der Waals surface area (Å²) in [5, 5.41) is 3.13. The molecule has 0 atom stereocenters. The Morgan fingerprint density at radius 1 is 1.20 bits per heavy atom. The fourth-order valence-electron chi connectivity index (χ4n) is 2.75. The number of hydrogen-bond donors (Lipinski definition) is 1. The number of nitrogens with one attached hydrogen (secondary N) is 1. The molecule has 1 fully saturated rings. The van der Waals surface area contributed by atoms with Crippen molar-refractivity contribution in [2.75, 3.05) is 37.0 Å². The molecule has 1 aliphatic heterocycles. The van der Waals surface area contributed by atoms with Crippen LogP contribution in [0.4, 0.5) is 11.9 Å². The van der Waals surface area contributed by atoms with E-state index >= 15 is 0 Å². The van der Waals surface area contributed by atoms with E-state index in [9.17, 15) is 0 Å². The van der Waals surface area contributed by atoms with Gasteiger partial charge in [0.25, 0.3) is 0 Å². The van der Waals surface area contributed by atoms with Crippen molar-refractivity contribution in [3.05, 3.63) is 0 Å². The van der Waals surface area contributed by atoms with Gasteiger partial charge in [0.05, 0.1) is 7.11 Å². The summed E-state index contributed by atoms with van der Waals surface area (Å²) in [6, 6.07) is 0.372. The van der Waals surface area contributed by atoms with Crippen molar-refractivity contribution in [2.45, 2.75) is 40.0 Å². The van der Waals surface area contributed by atoms with Crippen LogP contribution >= 0.6 is 0 Å². The van der Waals surface area contributed by atoms with Crippen LogP contribution in [0.5, 0.6) is 6.01 Å². The summed E-state index contributed by atoms with van der Waals surface area (Å²) in [6.45, 7) is 9.35. The number of methoxy groups -OCH3 is 1. The van der Waals surface area contributed by atoms with E-state index in [1.165, 1.54) is 19.3 Å². The van der Waals surface area contributed by atoms with Crippen molar-refractivity contribution in [3.63, 3.8) is 0 Å². The number of rotatable bonds is 6. The molecular formula is C14H25N5O. The van der Waals surface area contributed by atoms with Crippen molar-refractivity contribution >= 4 is 11.9 Å². The second-order valence-electron chi connectivity index (χ2n) is 5.35. The van der Waals surface area contributed by atoms with Crippen molar-refractivity contribution in [1.29, 1.82) is 0 Å². The molecule has 6 heteroatoms. The third kappa shape index (κ3) is 2.94. The molecule has 112 valence electrons. The van der Waals surface area contributed by atoms with Gasteiger partial charge in [-0.05, 0) is 31.6 Å². The monoisotopic (exact) mass is 279 g/mol. The van der Waals surface area contributed by atoms with Crippen molar-refractivity contribution in [2.24, 2.45) is 5.41 Å². The molecule has 1 saturated heterocycles. The van der Waals surface area contributed by atoms with Gasteiger partial charge in [0, 0.05) is 19.6 Å². The first-order valence-electron chi connectivity index (χ1n) is 7.45. The summed E-state index contributed by atoms with van der Waals surface area (Å²) in [4.78, 5) is 15.3. The Balaban J connectivity index is 2.22. The second kappa shape index (κ2) is 6.24. The van der Waals surface area contributed by atoms with Crippen LogP contribution in [0.25, 0.3) is 0 Å². The molecule has 0 aliphatic carbocycles. The smallest absolute Gasteiger partial charge is 0.322 e. The fourth-order valence-corrected chi connectivity index (χ4v) is 2.75. The largest absolute Gasteiger partial charge is 0.467 e. The van der Waals surface area contributed by atoms with Crippen LogP contribution in [0, 0.1) is 5.41 Å². The minimum atomic E-state index is 0.372. The molecule has 1 N–H and O–H groups in total. The van der Waals surface area contributed by atoms with E-state index in [1.807, 2.05) is 6.92 Å². The lowest BCUT2D eigenvalue weighted by Crippen LogP contribution is -2.28. The highest BCUT2D eigenvalue weighted by molar-refractivity contribution is 5.39. The zero-order chi connectivity index (χ0) is 14.6. The number of ether oxygens (including phenoxy) is 1. The maximum absolute atomic E-state index is 5.18. The highest BCUT2D eigenvalue weighted by Crippen LogP contribution is 2.38. The zero-order valence-electron chi connectivity index (χ0n) is 12.9. The molecule has 20 heavy (non-hydrogen) atoms. The molecule has 1 aliphatic rings. The molecule has 0 radical (unpaired) electrons. The van der Waals surface area contributed by atoms with Gasteiger partial charge in [0.2, 0.25) is 11.9 Å². The molecule has 0 amide bonds. The Kier molecular flexibility index (Phi) is 4.62. The molecule has 1 aromatic heterocycles. The van der Waals surface area contributed by atoms with Gasteiger partial charge in [0.15, 0.2) is 0 Å². The lowest BCUT2D eigenvalue weighted by Gasteiger charge is -2.26. The highest BCUT2D eigenvalue weighted by Gasteiger charge is 2.36. The summed E-state index contributed by atoms with van der Waals surface area (Å²) in [5.74, 6) is 1.30. The maximum Gasteiger partial charge on any atom is 0.322 e. The quantitative estimate of drug-likeness (QED) is 0.862. The predicted octanol–water partition coefficient (Wildman–Crippen LogP) is 2.33. The SMILES string of the molecule is CCNc1nc(OC)nc(N2CCC(CC)(CC)C2)n1. The maximum atomic E-state index is 5.18. The van der Waals surface area contributed by atoms with Crippen LogP contribution in [-0.2, 0) is 0 Å². The second-order valence-corrected chi connectivity index (χ2v) is 5.35. The molecule has 0 saturated carbocycles. The summed E-state index contributed by atoms with van der Waals surface area (Å²) in [7, 11) is 1.58. The Bertz CT molecular complexity index is 447. The Morgan fingerprint density at radius 2 is 1.95 bits per heavy atom. The summed E-state index contributed by atoms with van der Waals surface area (Å²) >= 11 is 0. The van der Waals surface area contributed by atoms with Crippen LogP contribution < -0.4 is 15.0 Å². The van der Waals surface area contributed by atoms with E-state index in [4.69, 9.17) is 4.74 Å². The first-order chi connectivity index (χ1) is 9.66. The molecular weight excluding hydrogens is 254 g/mol. The van der Waals surface area contributed by atoms with E-state index in [0.29, 0.717) is 17.4 Å². The molecule has 1 aromatic rings. The van der Waals surface area contributed by atoms with Gasteiger partial charge in [-0.3, -0.25) is 0 Å². The summed E-state index contributed by atoms with van der Waals surface area (Å²) in [5.41, 5.74) is 0.401. The van der Waals surface area contributed by atoms with Gasteiger partial charge < -0.3 is 15.0 Å². The lowest BCUT2D eigenvalue weighted by molar-refractivity contribution is 0.301. The van der Waals surface area contributed by atoms with Gasteiger partial charge in [-0.2, -0.15) is 15.0 Å². The van der Waals surface area contributed by atoms with Crippen LogP contribution in [0.3, 0.4) is 0 Å². The van der Waals surface area contributed by atoms with E-state index in [0.717, 1.165) is 25.6 Å². The minimum Gasteiger partial charge on any atom is -0.467 e. The number of hydrogen-bond acceptors (Lipinski definition) is 6.